The first-order valence-electron chi connectivity index (χ1n) is 9.20. The number of nitrogens with zero attached hydrogens (tertiary/aromatic N) is 3. The molecule has 1 atom stereocenters. The van der Waals surface area contributed by atoms with Gasteiger partial charge >= 0.3 is 0 Å². The van der Waals surface area contributed by atoms with Crippen molar-refractivity contribution in [3.8, 4) is 0 Å². The van der Waals surface area contributed by atoms with Crippen LogP contribution in [0.25, 0.3) is 0 Å². The van der Waals surface area contributed by atoms with Crippen LogP contribution in [0.2, 0.25) is 0 Å². The number of guanidine groups is 1. The molecule has 148 valence electrons. The molecule has 0 aromatic heterocycles. The van der Waals surface area contributed by atoms with Gasteiger partial charge in [-0.25, -0.2) is 4.99 Å². The smallest absolute Gasteiger partial charge is 0.191 e. The van der Waals surface area contributed by atoms with Gasteiger partial charge in [0.2, 0.25) is 0 Å². The molecule has 26 heavy (non-hydrogen) atoms. The fraction of sp³-hybridized carbons (Fsp3) is 0.632. The topological polar surface area (TPSA) is 52.1 Å². The predicted molar refractivity (Wildman–Crippen MR) is 121 cm³/mol. The SMILES string of the molecule is CCNC(=NCc1cccc(N(C)C)c1)NCC(C)N1CCOCC1.I. The summed E-state index contributed by atoms with van der Waals surface area (Å²) in [7, 11) is 4.11. The minimum absolute atomic E-state index is 0. The van der Waals surface area contributed by atoms with Gasteiger partial charge < -0.3 is 20.3 Å². The van der Waals surface area contributed by atoms with E-state index in [1.165, 1.54) is 11.3 Å². The summed E-state index contributed by atoms with van der Waals surface area (Å²) >= 11 is 0. The van der Waals surface area contributed by atoms with Crippen LogP contribution in [0.15, 0.2) is 29.3 Å². The Bertz CT molecular complexity index is 546. The molecule has 1 saturated heterocycles. The molecular weight excluding hydrogens is 441 g/mol. The van der Waals surface area contributed by atoms with Crippen molar-refractivity contribution in [2.45, 2.75) is 26.4 Å². The van der Waals surface area contributed by atoms with Crippen LogP contribution in [0.1, 0.15) is 19.4 Å². The molecule has 1 fully saturated rings. The highest BCUT2D eigenvalue weighted by molar-refractivity contribution is 14.0. The zero-order valence-corrected chi connectivity index (χ0v) is 18.8. The molecular formula is C19H34IN5O. The molecule has 0 radical (unpaired) electrons. The molecule has 7 heteroatoms. The highest BCUT2D eigenvalue weighted by atomic mass is 127. The van der Waals surface area contributed by atoms with Crippen LogP contribution in [0.5, 0.6) is 0 Å². The molecule has 1 aliphatic rings. The van der Waals surface area contributed by atoms with Crippen molar-refractivity contribution in [2.75, 3.05) is 58.4 Å². The molecule has 0 saturated carbocycles. The van der Waals surface area contributed by atoms with Crippen LogP contribution in [-0.4, -0.2) is 70.4 Å². The van der Waals surface area contributed by atoms with E-state index in [0.717, 1.165) is 45.4 Å². The van der Waals surface area contributed by atoms with Gasteiger partial charge in [-0.2, -0.15) is 0 Å². The number of hydrogen-bond donors (Lipinski definition) is 2. The lowest BCUT2D eigenvalue weighted by Crippen LogP contribution is -2.49. The molecule has 0 aliphatic carbocycles. The van der Waals surface area contributed by atoms with Crippen LogP contribution in [-0.2, 0) is 11.3 Å². The zero-order valence-electron chi connectivity index (χ0n) is 16.5. The maximum atomic E-state index is 5.43. The second-order valence-electron chi connectivity index (χ2n) is 6.64. The second kappa shape index (κ2) is 12.3. The van der Waals surface area contributed by atoms with E-state index in [0.29, 0.717) is 12.6 Å². The van der Waals surface area contributed by atoms with Gasteiger partial charge in [-0.05, 0) is 31.5 Å². The molecule has 6 nitrogen and oxygen atoms in total. The summed E-state index contributed by atoms with van der Waals surface area (Å²) in [5, 5.41) is 6.81. The van der Waals surface area contributed by atoms with Crippen molar-refractivity contribution >= 4 is 35.6 Å². The van der Waals surface area contributed by atoms with Gasteiger partial charge in [-0.3, -0.25) is 4.90 Å². The van der Waals surface area contributed by atoms with E-state index in [4.69, 9.17) is 9.73 Å². The monoisotopic (exact) mass is 475 g/mol. The third-order valence-electron chi connectivity index (χ3n) is 4.42. The number of morpholine rings is 1. The molecule has 2 N–H and O–H groups in total. The molecule has 2 rings (SSSR count). The van der Waals surface area contributed by atoms with Crippen molar-refractivity contribution in [3.63, 3.8) is 0 Å². The summed E-state index contributed by atoms with van der Waals surface area (Å²) in [6.45, 7) is 10.4. The first kappa shape index (κ1) is 23.0. The molecule has 0 bridgehead atoms. The summed E-state index contributed by atoms with van der Waals surface area (Å²) in [5.74, 6) is 0.873. The molecule has 1 aromatic carbocycles. The maximum Gasteiger partial charge on any atom is 0.191 e. The lowest BCUT2D eigenvalue weighted by molar-refractivity contribution is 0.0211. The normalized spacial score (nSPS) is 16.5. The minimum Gasteiger partial charge on any atom is -0.379 e. The van der Waals surface area contributed by atoms with Crippen molar-refractivity contribution in [1.82, 2.24) is 15.5 Å². The molecule has 1 aliphatic heterocycles. The summed E-state index contributed by atoms with van der Waals surface area (Å²) in [6, 6.07) is 8.96. The van der Waals surface area contributed by atoms with E-state index in [1.54, 1.807) is 0 Å². The van der Waals surface area contributed by atoms with Crippen molar-refractivity contribution in [2.24, 2.45) is 4.99 Å². The van der Waals surface area contributed by atoms with E-state index in [9.17, 15) is 0 Å². The summed E-state index contributed by atoms with van der Waals surface area (Å²) in [6.07, 6.45) is 0. The van der Waals surface area contributed by atoms with Gasteiger partial charge in [0.1, 0.15) is 0 Å². The molecule has 1 aromatic rings. The number of benzene rings is 1. The fourth-order valence-corrected chi connectivity index (χ4v) is 2.84. The Labute approximate surface area is 175 Å². The van der Waals surface area contributed by atoms with Crippen molar-refractivity contribution < 1.29 is 4.74 Å². The van der Waals surface area contributed by atoms with Crippen LogP contribution in [0.4, 0.5) is 5.69 Å². The maximum absolute atomic E-state index is 5.43. The highest BCUT2D eigenvalue weighted by Gasteiger charge is 2.16. The van der Waals surface area contributed by atoms with Gasteiger partial charge in [-0.1, -0.05) is 12.1 Å². The number of rotatable bonds is 7. The molecule has 1 unspecified atom stereocenters. The highest BCUT2D eigenvalue weighted by Crippen LogP contribution is 2.14. The van der Waals surface area contributed by atoms with Crippen LogP contribution < -0.4 is 15.5 Å². The molecule has 0 spiro atoms. The number of nitrogens with one attached hydrogen (secondary N) is 2. The van der Waals surface area contributed by atoms with Gasteiger partial charge in [0.05, 0.1) is 19.8 Å². The Morgan fingerprint density at radius 2 is 2.00 bits per heavy atom. The standard InChI is InChI=1S/C19H33N5O.HI/c1-5-20-19(21-14-16(2)24-9-11-25-12-10-24)22-15-17-7-6-8-18(13-17)23(3)4;/h6-8,13,16H,5,9-12,14-15H2,1-4H3,(H2,20,21,22);1H. The summed E-state index contributed by atoms with van der Waals surface area (Å²) in [5.41, 5.74) is 2.41. The van der Waals surface area contributed by atoms with Gasteiger partial charge in [0.15, 0.2) is 5.96 Å². The summed E-state index contributed by atoms with van der Waals surface area (Å²) < 4.78 is 5.43. The number of aliphatic imine (C=N–C) groups is 1. The molecule has 1 heterocycles. The number of ether oxygens (including phenoxy) is 1. The Morgan fingerprint density at radius 3 is 2.65 bits per heavy atom. The van der Waals surface area contributed by atoms with Crippen molar-refractivity contribution in [3.05, 3.63) is 29.8 Å². The Hall–Kier alpha value is -1.06. The van der Waals surface area contributed by atoms with Crippen LogP contribution in [0.3, 0.4) is 0 Å². The van der Waals surface area contributed by atoms with E-state index >= 15 is 0 Å². The number of anilines is 1. The van der Waals surface area contributed by atoms with Crippen LogP contribution in [0, 0.1) is 0 Å². The Morgan fingerprint density at radius 1 is 1.27 bits per heavy atom. The van der Waals surface area contributed by atoms with Gasteiger partial charge in [0.25, 0.3) is 0 Å². The van der Waals surface area contributed by atoms with E-state index in [1.807, 2.05) is 0 Å². The Kier molecular flexibility index (Phi) is 10.9. The predicted octanol–water partition coefficient (Wildman–Crippen LogP) is 2.15. The summed E-state index contributed by atoms with van der Waals surface area (Å²) in [4.78, 5) is 9.30. The van der Waals surface area contributed by atoms with Crippen molar-refractivity contribution in [1.29, 1.82) is 0 Å². The first-order valence-corrected chi connectivity index (χ1v) is 9.20. The van der Waals surface area contributed by atoms with E-state index < -0.39 is 0 Å². The number of halogens is 1. The molecule has 0 amide bonds. The largest absolute Gasteiger partial charge is 0.379 e. The van der Waals surface area contributed by atoms with Gasteiger partial charge in [-0.15, -0.1) is 24.0 Å². The third kappa shape index (κ3) is 7.67. The van der Waals surface area contributed by atoms with E-state index in [-0.39, 0.29) is 24.0 Å². The average Bonchev–Trinajstić information content (AvgIpc) is 2.64. The average molecular weight is 475 g/mol. The second-order valence-corrected chi connectivity index (χ2v) is 6.64. The first-order chi connectivity index (χ1) is 12.1. The van der Waals surface area contributed by atoms with Gasteiger partial charge in [0, 0.05) is 52.0 Å². The van der Waals surface area contributed by atoms with E-state index in [2.05, 4.69) is 72.6 Å². The quantitative estimate of drug-likeness (QED) is 0.360. The minimum atomic E-state index is 0. The lowest BCUT2D eigenvalue weighted by atomic mass is 10.2. The third-order valence-corrected chi connectivity index (χ3v) is 4.42. The zero-order chi connectivity index (χ0) is 18.1. The lowest BCUT2D eigenvalue weighted by Gasteiger charge is -2.32. The van der Waals surface area contributed by atoms with Crippen LogP contribution >= 0.6 is 24.0 Å². The Balaban J connectivity index is 0.00000338. The fourth-order valence-electron chi connectivity index (χ4n) is 2.84. The number of hydrogen-bond acceptors (Lipinski definition) is 4.